The van der Waals surface area contributed by atoms with E-state index >= 15 is 0 Å². The minimum Gasteiger partial charge on any atom is -0.426 e. The Bertz CT molecular complexity index is 457. The second kappa shape index (κ2) is 2.47. The summed E-state index contributed by atoms with van der Waals surface area (Å²) in [5.41, 5.74) is 3.72. The number of ether oxygens (including phenoxy) is 1. The molecule has 3 rings (SSSR count). The van der Waals surface area contributed by atoms with E-state index in [2.05, 4.69) is 6.07 Å². The summed E-state index contributed by atoms with van der Waals surface area (Å²) >= 11 is 0. The third-order valence-corrected chi connectivity index (χ3v) is 2.80. The normalized spacial score (nSPS) is 21.6. The highest BCUT2D eigenvalue weighted by atomic mass is 16.5. The van der Waals surface area contributed by atoms with Crippen LogP contribution in [0.2, 0.25) is 0 Å². The third kappa shape index (κ3) is 0.939. The van der Waals surface area contributed by atoms with Crippen LogP contribution >= 0.6 is 0 Å². The van der Waals surface area contributed by atoms with Gasteiger partial charge in [-0.15, -0.1) is 0 Å². The maximum Gasteiger partial charge on any atom is 0.308 e. The lowest BCUT2D eigenvalue weighted by molar-refractivity contribution is -0.134. The predicted octanol–water partition coefficient (Wildman–Crippen LogP) is 2.46. The van der Waals surface area contributed by atoms with Crippen LogP contribution in [0.4, 0.5) is 0 Å². The van der Waals surface area contributed by atoms with E-state index < -0.39 is 0 Å². The van der Waals surface area contributed by atoms with Gasteiger partial charge in [-0.3, -0.25) is 4.79 Å². The first-order valence-electron chi connectivity index (χ1n) is 4.78. The van der Waals surface area contributed by atoms with Gasteiger partial charge in [-0.05, 0) is 17.6 Å². The molecule has 0 N–H and O–H groups in total. The van der Waals surface area contributed by atoms with Crippen molar-refractivity contribution in [3.63, 3.8) is 0 Å². The Balaban J connectivity index is 2.07. The number of benzene rings is 1. The Morgan fingerprint density at radius 1 is 1.43 bits per heavy atom. The molecule has 1 unspecified atom stereocenters. The van der Waals surface area contributed by atoms with Gasteiger partial charge < -0.3 is 4.74 Å². The van der Waals surface area contributed by atoms with Crippen molar-refractivity contribution in [2.45, 2.75) is 19.3 Å². The number of rotatable bonds is 1. The van der Waals surface area contributed by atoms with E-state index in [1.807, 2.05) is 18.2 Å². The first-order valence-corrected chi connectivity index (χ1v) is 4.78. The molecule has 0 amide bonds. The SMILES string of the molecule is CC(=O)OC1=C2CC2c2ccccc21. The van der Waals surface area contributed by atoms with Gasteiger partial charge in [-0.25, -0.2) is 0 Å². The van der Waals surface area contributed by atoms with Crippen molar-refractivity contribution in [1.29, 1.82) is 0 Å². The Morgan fingerprint density at radius 2 is 2.21 bits per heavy atom. The highest BCUT2D eigenvalue weighted by Gasteiger charge is 2.43. The fraction of sp³-hybridized carbons (Fsp3) is 0.250. The summed E-state index contributed by atoms with van der Waals surface area (Å²) in [5, 5.41) is 0. The number of carbonyl (C=O) groups is 1. The molecule has 2 heteroatoms. The molecule has 1 aromatic carbocycles. The molecule has 0 aliphatic heterocycles. The lowest BCUT2D eigenvalue weighted by Crippen LogP contribution is -1.98. The van der Waals surface area contributed by atoms with Gasteiger partial charge in [0.15, 0.2) is 0 Å². The molecule has 1 fully saturated rings. The fourth-order valence-corrected chi connectivity index (χ4v) is 2.15. The first kappa shape index (κ1) is 7.80. The molecule has 0 aromatic heterocycles. The van der Waals surface area contributed by atoms with Gasteiger partial charge in [-0.1, -0.05) is 24.3 Å². The molecular weight excluding hydrogens is 176 g/mol. The van der Waals surface area contributed by atoms with E-state index in [9.17, 15) is 4.79 Å². The summed E-state index contributed by atoms with van der Waals surface area (Å²) in [6.07, 6.45) is 1.07. The lowest BCUT2D eigenvalue weighted by Gasteiger charge is -2.06. The number of carbonyl (C=O) groups excluding carboxylic acids is 1. The Labute approximate surface area is 82.2 Å². The molecule has 0 radical (unpaired) electrons. The molecule has 70 valence electrons. The van der Waals surface area contributed by atoms with Gasteiger partial charge in [0.1, 0.15) is 5.76 Å². The van der Waals surface area contributed by atoms with Crippen LogP contribution in [0.3, 0.4) is 0 Å². The molecule has 1 atom stereocenters. The number of hydrogen-bond donors (Lipinski definition) is 0. The molecule has 2 aliphatic rings. The van der Waals surface area contributed by atoms with Crippen LogP contribution in [-0.4, -0.2) is 5.97 Å². The van der Waals surface area contributed by atoms with Crippen molar-refractivity contribution in [3.8, 4) is 0 Å². The van der Waals surface area contributed by atoms with Crippen molar-refractivity contribution in [3.05, 3.63) is 41.0 Å². The first-order chi connectivity index (χ1) is 6.77. The molecule has 0 spiro atoms. The lowest BCUT2D eigenvalue weighted by atomic mass is 10.1. The number of esters is 1. The van der Waals surface area contributed by atoms with Crippen molar-refractivity contribution in [1.82, 2.24) is 0 Å². The third-order valence-electron chi connectivity index (χ3n) is 2.80. The van der Waals surface area contributed by atoms with Gasteiger partial charge in [0.05, 0.1) is 0 Å². The summed E-state index contributed by atoms with van der Waals surface area (Å²) in [5.74, 6) is 1.13. The van der Waals surface area contributed by atoms with Gasteiger partial charge in [0.25, 0.3) is 0 Å². The highest BCUT2D eigenvalue weighted by Crippen LogP contribution is 2.58. The minimum absolute atomic E-state index is 0.227. The smallest absolute Gasteiger partial charge is 0.308 e. The fourth-order valence-electron chi connectivity index (χ4n) is 2.15. The molecule has 1 aromatic rings. The van der Waals surface area contributed by atoms with Crippen LogP contribution in [-0.2, 0) is 9.53 Å². The quantitative estimate of drug-likeness (QED) is 0.630. The van der Waals surface area contributed by atoms with E-state index in [4.69, 9.17) is 4.74 Å². The van der Waals surface area contributed by atoms with Crippen molar-refractivity contribution >= 4 is 11.7 Å². The van der Waals surface area contributed by atoms with E-state index in [1.54, 1.807) is 0 Å². The van der Waals surface area contributed by atoms with E-state index in [0.717, 1.165) is 17.7 Å². The van der Waals surface area contributed by atoms with Gasteiger partial charge >= 0.3 is 5.97 Å². The monoisotopic (exact) mass is 186 g/mol. The highest BCUT2D eigenvalue weighted by molar-refractivity contribution is 5.85. The van der Waals surface area contributed by atoms with E-state index in [1.165, 1.54) is 18.1 Å². The average molecular weight is 186 g/mol. The van der Waals surface area contributed by atoms with Crippen molar-refractivity contribution in [2.75, 3.05) is 0 Å². The molecule has 2 aliphatic carbocycles. The summed E-state index contributed by atoms with van der Waals surface area (Å²) in [7, 11) is 0. The van der Waals surface area contributed by atoms with Gasteiger partial charge in [-0.2, -0.15) is 0 Å². The van der Waals surface area contributed by atoms with E-state index in [-0.39, 0.29) is 5.97 Å². The topological polar surface area (TPSA) is 26.3 Å². The van der Waals surface area contributed by atoms with Crippen molar-refractivity contribution < 1.29 is 9.53 Å². The Hall–Kier alpha value is -1.57. The van der Waals surface area contributed by atoms with Gasteiger partial charge in [0, 0.05) is 18.4 Å². The molecule has 0 saturated heterocycles. The maximum absolute atomic E-state index is 10.9. The maximum atomic E-state index is 10.9. The van der Waals surface area contributed by atoms with Gasteiger partial charge in [0.2, 0.25) is 0 Å². The molecule has 1 saturated carbocycles. The largest absolute Gasteiger partial charge is 0.426 e. The Morgan fingerprint density at radius 3 is 3.00 bits per heavy atom. The summed E-state index contributed by atoms with van der Waals surface area (Å²) in [6, 6.07) is 8.15. The zero-order chi connectivity index (χ0) is 9.71. The van der Waals surface area contributed by atoms with Crippen LogP contribution in [0, 0.1) is 0 Å². The summed E-state index contributed by atoms with van der Waals surface area (Å²) < 4.78 is 5.23. The zero-order valence-corrected chi connectivity index (χ0v) is 7.91. The second-order valence-corrected chi connectivity index (χ2v) is 3.79. The number of allylic oxidation sites excluding steroid dienone is 1. The van der Waals surface area contributed by atoms with Crippen LogP contribution in [0.25, 0.3) is 5.76 Å². The summed E-state index contributed by atoms with van der Waals surface area (Å²) in [6.45, 7) is 1.45. The zero-order valence-electron chi connectivity index (χ0n) is 7.91. The van der Waals surface area contributed by atoms with Crippen LogP contribution in [0.1, 0.15) is 30.4 Å². The predicted molar refractivity (Wildman–Crippen MR) is 52.5 cm³/mol. The molecule has 0 heterocycles. The molecular formula is C12H10O2. The summed E-state index contributed by atoms with van der Waals surface area (Å²) in [4.78, 5) is 10.9. The standard InChI is InChI=1S/C12H10O2/c1-7(13)14-12-9-5-3-2-4-8(9)10-6-11(10)12/h2-5,10H,6H2,1H3. The second-order valence-electron chi connectivity index (χ2n) is 3.79. The van der Waals surface area contributed by atoms with Crippen LogP contribution in [0.5, 0.6) is 0 Å². The van der Waals surface area contributed by atoms with E-state index in [0.29, 0.717) is 5.92 Å². The van der Waals surface area contributed by atoms with Crippen LogP contribution in [0.15, 0.2) is 29.8 Å². The molecule has 2 nitrogen and oxygen atoms in total. The average Bonchev–Trinajstić information content (AvgIpc) is 2.89. The number of fused-ring (bicyclic) bond motifs is 3. The van der Waals surface area contributed by atoms with Crippen LogP contribution < -0.4 is 0 Å². The Kier molecular flexibility index (Phi) is 1.38. The molecule has 0 bridgehead atoms. The molecule has 14 heavy (non-hydrogen) atoms. The number of hydrogen-bond acceptors (Lipinski definition) is 2. The minimum atomic E-state index is -0.227. The van der Waals surface area contributed by atoms with Crippen molar-refractivity contribution in [2.24, 2.45) is 0 Å².